The molecule has 1 aliphatic rings. The van der Waals surface area contributed by atoms with Crippen molar-refractivity contribution in [2.75, 3.05) is 24.9 Å². The van der Waals surface area contributed by atoms with Gasteiger partial charge in [0.25, 0.3) is 0 Å². The number of amides is 1. The minimum atomic E-state index is 0.0269. The van der Waals surface area contributed by atoms with Crippen LogP contribution in [0.2, 0.25) is 0 Å². The summed E-state index contributed by atoms with van der Waals surface area (Å²) in [6.07, 6.45) is 8.01. The SMILES string of the molecule is COc1cc(CNc2cn3c(NC(=O)CC4CC4)cnc3cn2)cc(OC)c1. The van der Waals surface area contributed by atoms with Gasteiger partial charge in [-0.3, -0.25) is 9.20 Å². The van der Waals surface area contributed by atoms with Crippen LogP contribution in [0.25, 0.3) is 5.65 Å². The van der Waals surface area contributed by atoms with Gasteiger partial charge in [-0.05, 0) is 36.5 Å². The van der Waals surface area contributed by atoms with E-state index in [2.05, 4.69) is 20.6 Å². The number of carbonyl (C=O) groups excluding carboxylic acids is 1. The summed E-state index contributed by atoms with van der Waals surface area (Å²) in [4.78, 5) is 20.8. The van der Waals surface area contributed by atoms with E-state index in [4.69, 9.17) is 9.47 Å². The number of rotatable bonds is 8. The van der Waals surface area contributed by atoms with Crippen LogP contribution in [0.1, 0.15) is 24.8 Å². The zero-order chi connectivity index (χ0) is 19.5. The number of nitrogens with one attached hydrogen (secondary N) is 2. The molecule has 8 heteroatoms. The first-order valence-electron chi connectivity index (χ1n) is 9.23. The monoisotopic (exact) mass is 381 g/mol. The molecule has 1 amide bonds. The molecule has 4 rings (SSSR count). The highest BCUT2D eigenvalue weighted by molar-refractivity contribution is 5.90. The second kappa shape index (κ2) is 7.75. The molecule has 1 aromatic carbocycles. The number of hydrogen-bond acceptors (Lipinski definition) is 6. The Kier molecular flexibility index (Phi) is 5.01. The number of nitrogens with zero attached hydrogens (tertiary/aromatic N) is 3. The fourth-order valence-electron chi connectivity index (χ4n) is 3.01. The van der Waals surface area contributed by atoms with Crippen molar-refractivity contribution in [3.8, 4) is 11.5 Å². The van der Waals surface area contributed by atoms with Crippen LogP contribution in [0.3, 0.4) is 0 Å². The Balaban J connectivity index is 1.48. The first kappa shape index (κ1) is 18.1. The average Bonchev–Trinajstić information content (AvgIpc) is 3.44. The first-order valence-corrected chi connectivity index (χ1v) is 9.23. The van der Waals surface area contributed by atoms with Gasteiger partial charge in [0.1, 0.15) is 23.1 Å². The summed E-state index contributed by atoms with van der Waals surface area (Å²) in [6.45, 7) is 0.546. The largest absolute Gasteiger partial charge is 0.497 e. The molecule has 28 heavy (non-hydrogen) atoms. The second-order valence-electron chi connectivity index (χ2n) is 6.91. The minimum absolute atomic E-state index is 0.0269. The number of hydrogen-bond donors (Lipinski definition) is 2. The fraction of sp³-hybridized carbons (Fsp3) is 0.350. The Hall–Kier alpha value is -3.29. The summed E-state index contributed by atoms with van der Waals surface area (Å²) in [5.41, 5.74) is 1.68. The minimum Gasteiger partial charge on any atom is -0.497 e. The molecule has 0 saturated heterocycles. The third-order valence-electron chi connectivity index (χ3n) is 4.72. The predicted molar refractivity (Wildman–Crippen MR) is 106 cm³/mol. The molecule has 2 N–H and O–H groups in total. The highest BCUT2D eigenvalue weighted by atomic mass is 16.5. The lowest BCUT2D eigenvalue weighted by Gasteiger charge is -2.11. The van der Waals surface area contributed by atoms with Gasteiger partial charge in [0, 0.05) is 19.0 Å². The highest BCUT2D eigenvalue weighted by Gasteiger charge is 2.24. The van der Waals surface area contributed by atoms with Crippen LogP contribution < -0.4 is 20.1 Å². The summed E-state index contributed by atoms with van der Waals surface area (Å²) in [6, 6.07) is 5.71. The highest BCUT2D eigenvalue weighted by Crippen LogP contribution is 2.32. The topological polar surface area (TPSA) is 89.8 Å². The molecule has 0 spiro atoms. The third-order valence-corrected chi connectivity index (χ3v) is 4.72. The molecule has 0 unspecified atom stereocenters. The number of aromatic nitrogens is 3. The van der Waals surface area contributed by atoms with Crippen molar-refractivity contribution in [1.82, 2.24) is 14.4 Å². The number of ether oxygens (including phenoxy) is 2. The number of anilines is 2. The number of benzene rings is 1. The van der Waals surface area contributed by atoms with Crippen LogP contribution in [0.5, 0.6) is 11.5 Å². The van der Waals surface area contributed by atoms with E-state index < -0.39 is 0 Å². The van der Waals surface area contributed by atoms with Crippen molar-refractivity contribution >= 4 is 23.2 Å². The van der Waals surface area contributed by atoms with Crippen LogP contribution in [0.4, 0.5) is 11.6 Å². The summed E-state index contributed by atoms with van der Waals surface area (Å²) in [7, 11) is 3.25. The smallest absolute Gasteiger partial charge is 0.225 e. The lowest BCUT2D eigenvalue weighted by Crippen LogP contribution is -2.13. The van der Waals surface area contributed by atoms with Crippen molar-refractivity contribution in [2.45, 2.75) is 25.8 Å². The summed E-state index contributed by atoms with van der Waals surface area (Å²) in [5, 5.41) is 6.23. The van der Waals surface area contributed by atoms with Crippen molar-refractivity contribution in [3.05, 3.63) is 42.4 Å². The number of methoxy groups -OCH3 is 2. The van der Waals surface area contributed by atoms with E-state index in [9.17, 15) is 4.79 Å². The van der Waals surface area contributed by atoms with Gasteiger partial charge in [0.15, 0.2) is 5.65 Å². The molecule has 1 fully saturated rings. The summed E-state index contributed by atoms with van der Waals surface area (Å²) in [5.74, 6) is 3.35. The molecule has 0 bridgehead atoms. The standard InChI is InChI=1S/C20H23N5O3/c1-27-15-5-14(6-16(8-15)28-2)9-21-17-12-25-18(10-22-17)23-11-19(25)24-20(26)7-13-3-4-13/h5-6,8,10-13,21H,3-4,7,9H2,1-2H3,(H,24,26). The maximum Gasteiger partial charge on any atom is 0.225 e. The molecule has 1 saturated carbocycles. The molecule has 2 heterocycles. The van der Waals surface area contributed by atoms with Crippen molar-refractivity contribution in [3.63, 3.8) is 0 Å². The molecular weight excluding hydrogens is 358 g/mol. The second-order valence-corrected chi connectivity index (χ2v) is 6.91. The van der Waals surface area contributed by atoms with E-state index in [1.54, 1.807) is 26.6 Å². The van der Waals surface area contributed by atoms with Gasteiger partial charge in [-0.1, -0.05) is 0 Å². The molecule has 0 radical (unpaired) electrons. The van der Waals surface area contributed by atoms with Crippen LogP contribution in [-0.4, -0.2) is 34.5 Å². The van der Waals surface area contributed by atoms with Gasteiger partial charge < -0.3 is 20.1 Å². The predicted octanol–water partition coefficient (Wildman–Crippen LogP) is 3.10. The van der Waals surface area contributed by atoms with Crippen LogP contribution in [0.15, 0.2) is 36.8 Å². The quantitative estimate of drug-likeness (QED) is 0.623. The fourth-order valence-corrected chi connectivity index (χ4v) is 3.01. The van der Waals surface area contributed by atoms with E-state index in [-0.39, 0.29) is 5.91 Å². The van der Waals surface area contributed by atoms with E-state index in [1.807, 2.05) is 28.8 Å². The number of imidazole rings is 1. The average molecular weight is 381 g/mol. The molecule has 0 aliphatic heterocycles. The van der Waals surface area contributed by atoms with E-state index in [0.29, 0.717) is 36.2 Å². The lowest BCUT2D eigenvalue weighted by molar-refractivity contribution is -0.116. The van der Waals surface area contributed by atoms with Gasteiger partial charge in [0.05, 0.1) is 32.8 Å². The molecule has 2 aromatic heterocycles. The van der Waals surface area contributed by atoms with Gasteiger partial charge >= 0.3 is 0 Å². The van der Waals surface area contributed by atoms with E-state index in [0.717, 1.165) is 29.9 Å². The van der Waals surface area contributed by atoms with Crippen LogP contribution >= 0.6 is 0 Å². The normalized spacial score (nSPS) is 13.4. The van der Waals surface area contributed by atoms with Gasteiger partial charge in [-0.15, -0.1) is 0 Å². The molecule has 0 atom stereocenters. The Morgan fingerprint density at radius 3 is 2.57 bits per heavy atom. The first-order chi connectivity index (χ1) is 13.6. The molecule has 8 nitrogen and oxygen atoms in total. The molecule has 1 aliphatic carbocycles. The van der Waals surface area contributed by atoms with Gasteiger partial charge in [-0.25, -0.2) is 9.97 Å². The molecule has 146 valence electrons. The van der Waals surface area contributed by atoms with Crippen molar-refractivity contribution in [1.29, 1.82) is 0 Å². The van der Waals surface area contributed by atoms with Crippen molar-refractivity contribution in [2.24, 2.45) is 5.92 Å². The zero-order valence-electron chi connectivity index (χ0n) is 15.9. The maximum absolute atomic E-state index is 12.1. The number of carbonyl (C=O) groups is 1. The van der Waals surface area contributed by atoms with Crippen molar-refractivity contribution < 1.29 is 14.3 Å². The molecular formula is C20H23N5O3. The van der Waals surface area contributed by atoms with Crippen LogP contribution in [-0.2, 0) is 11.3 Å². The van der Waals surface area contributed by atoms with Crippen LogP contribution in [0, 0.1) is 5.92 Å². The maximum atomic E-state index is 12.1. The summed E-state index contributed by atoms with van der Waals surface area (Å²) < 4.78 is 12.4. The zero-order valence-corrected chi connectivity index (χ0v) is 15.9. The van der Waals surface area contributed by atoms with E-state index in [1.165, 1.54) is 0 Å². The summed E-state index contributed by atoms with van der Waals surface area (Å²) >= 11 is 0. The third kappa shape index (κ3) is 4.16. The molecule has 3 aromatic rings. The Morgan fingerprint density at radius 1 is 1.14 bits per heavy atom. The Morgan fingerprint density at radius 2 is 1.89 bits per heavy atom. The Bertz CT molecular complexity index is 974. The Labute approximate surface area is 162 Å². The number of fused-ring (bicyclic) bond motifs is 1. The lowest BCUT2D eigenvalue weighted by atomic mass is 10.2. The van der Waals surface area contributed by atoms with Gasteiger partial charge in [-0.2, -0.15) is 0 Å². The van der Waals surface area contributed by atoms with E-state index >= 15 is 0 Å². The van der Waals surface area contributed by atoms with Gasteiger partial charge in [0.2, 0.25) is 5.91 Å².